The van der Waals surface area contributed by atoms with Crippen molar-refractivity contribution in [3.05, 3.63) is 6.33 Å². The number of aromatic nitrogens is 3. The van der Waals surface area contributed by atoms with Gasteiger partial charge in [0.25, 0.3) is 0 Å². The number of carbonyl (C=O) groups excluding carboxylic acids is 1. The van der Waals surface area contributed by atoms with Crippen molar-refractivity contribution in [2.45, 2.75) is 24.3 Å². The quantitative estimate of drug-likeness (QED) is 0.571. The number of aryl methyl sites for hydroxylation is 1. The third-order valence-electron chi connectivity index (χ3n) is 2.24. The summed E-state index contributed by atoms with van der Waals surface area (Å²) in [4.78, 5) is 11.3. The summed E-state index contributed by atoms with van der Waals surface area (Å²) in [5.74, 6) is -0.353. The van der Waals surface area contributed by atoms with Crippen molar-refractivity contribution in [1.82, 2.24) is 14.8 Å². The minimum Gasteiger partial charge on any atom is -0.469 e. The molecule has 0 spiro atoms. The van der Waals surface area contributed by atoms with Crippen molar-refractivity contribution >= 4 is 17.7 Å². The second-order valence-corrected chi connectivity index (χ2v) is 4.70. The first-order valence-electron chi connectivity index (χ1n) is 4.64. The van der Waals surface area contributed by atoms with Gasteiger partial charge in [0.15, 0.2) is 5.16 Å². The molecule has 6 heteroatoms. The molecule has 1 aromatic heterocycles. The molecule has 0 saturated carbocycles. The number of rotatable bonds is 4. The lowest BCUT2D eigenvalue weighted by Crippen LogP contribution is -2.22. The zero-order valence-corrected chi connectivity index (χ0v) is 10.1. The highest BCUT2D eigenvalue weighted by atomic mass is 32.2. The van der Waals surface area contributed by atoms with Gasteiger partial charge in [0.2, 0.25) is 0 Å². The molecule has 0 aliphatic rings. The van der Waals surface area contributed by atoms with Crippen molar-refractivity contribution < 1.29 is 9.53 Å². The molecule has 0 aromatic carbocycles. The Morgan fingerprint density at radius 2 is 2.27 bits per heavy atom. The molecule has 0 aliphatic carbocycles. The van der Waals surface area contributed by atoms with Gasteiger partial charge in [-0.2, -0.15) is 0 Å². The summed E-state index contributed by atoms with van der Waals surface area (Å²) >= 11 is 1.52. The fraction of sp³-hybridized carbons (Fsp3) is 0.667. The lowest BCUT2D eigenvalue weighted by atomic mass is 10.1. The molecule has 5 nitrogen and oxygen atoms in total. The minimum absolute atomic E-state index is 0.111. The first-order chi connectivity index (χ1) is 7.06. The lowest BCUT2D eigenvalue weighted by molar-refractivity contribution is -0.144. The van der Waals surface area contributed by atoms with E-state index in [0.29, 0.717) is 0 Å². The predicted molar refractivity (Wildman–Crippen MR) is 57.5 cm³/mol. The van der Waals surface area contributed by atoms with Crippen LogP contribution in [0.1, 0.15) is 13.8 Å². The molecular weight excluding hydrogens is 214 g/mol. The van der Waals surface area contributed by atoms with Gasteiger partial charge in [-0.1, -0.05) is 25.6 Å². The Morgan fingerprint density at radius 3 is 2.73 bits per heavy atom. The zero-order chi connectivity index (χ0) is 11.4. The molecule has 1 heterocycles. The van der Waals surface area contributed by atoms with Crippen LogP contribution in [0.15, 0.2) is 11.5 Å². The highest BCUT2D eigenvalue weighted by Crippen LogP contribution is 2.26. The van der Waals surface area contributed by atoms with Gasteiger partial charge in [0.05, 0.1) is 13.0 Å². The summed E-state index contributed by atoms with van der Waals surface area (Å²) in [6.45, 7) is 3.82. The number of thioether (sulfide) groups is 1. The van der Waals surface area contributed by atoms with E-state index < -0.39 is 0 Å². The van der Waals surface area contributed by atoms with E-state index in [1.54, 1.807) is 6.33 Å². The smallest absolute Gasteiger partial charge is 0.309 e. The van der Waals surface area contributed by atoms with E-state index >= 15 is 0 Å². The Morgan fingerprint density at radius 1 is 1.60 bits per heavy atom. The molecule has 0 radical (unpaired) electrons. The van der Waals surface area contributed by atoms with Crippen molar-refractivity contribution in [3.8, 4) is 0 Å². The van der Waals surface area contributed by atoms with Crippen LogP contribution in [0.3, 0.4) is 0 Å². The number of carbonyl (C=O) groups is 1. The standard InChI is InChI=1S/C9H15N3O2S/c1-6(8(13)14-4)7(2)15-9-11-10-5-12(9)3/h5-7H,1-4H3. The van der Waals surface area contributed by atoms with Gasteiger partial charge in [-0.15, -0.1) is 10.2 Å². The molecule has 0 bridgehead atoms. The van der Waals surface area contributed by atoms with Crippen LogP contribution in [0.25, 0.3) is 0 Å². The maximum Gasteiger partial charge on any atom is 0.309 e. The topological polar surface area (TPSA) is 57.0 Å². The average Bonchev–Trinajstić information content (AvgIpc) is 2.62. The Bertz CT molecular complexity index is 340. The van der Waals surface area contributed by atoms with E-state index in [1.807, 2.05) is 25.5 Å². The molecule has 0 amide bonds. The third-order valence-corrected chi connectivity index (χ3v) is 3.60. The average molecular weight is 229 g/mol. The predicted octanol–water partition coefficient (Wildman–Crippen LogP) is 1.10. The van der Waals surface area contributed by atoms with Crippen molar-refractivity contribution in [2.75, 3.05) is 7.11 Å². The lowest BCUT2D eigenvalue weighted by Gasteiger charge is -2.16. The number of hydrogen-bond acceptors (Lipinski definition) is 5. The molecule has 84 valence electrons. The first kappa shape index (κ1) is 12.0. The van der Waals surface area contributed by atoms with Crippen LogP contribution in [-0.2, 0) is 16.6 Å². The molecule has 0 aliphatic heterocycles. The van der Waals surface area contributed by atoms with E-state index in [4.69, 9.17) is 0 Å². The highest BCUT2D eigenvalue weighted by Gasteiger charge is 2.23. The van der Waals surface area contributed by atoms with Gasteiger partial charge < -0.3 is 9.30 Å². The van der Waals surface area contributed by atoms with Gasteiger partial charge in [0, 0.05) is 12.3 Å². The van der Waals surface area contributed by atoms with Crippen LogP contribution >= 0.6 is 11.8 Å². The van der Waals surface area contributed by atoms with Crippen LogP contribution in [0, 0.1) is 5.92 Å². The highest BCUT2D eigenvalue weighted by molar-refractivity contribution is 7.99. The molecule has 0 saturated heterocycles. The summed E-state index contributed by atoms with van der Waals surface area (Å²) in [5.41, 5.74) is 0. The second kappa shape index (κ2) is 5.16. The van der Waals surface area contributed by atoms with Crippen LogP contribution in [-0.4, -0.2) is 33.1 Å². The van der Waals surface area contributed by atoms with Gasteiger partial charge in [0.1, 0.15) is 6.33 Å². The van der Waals surface area contributed by atoms with E-state index in [-0.39, 0.29) is 17.1 Å². The zero-order valence-electron chi connectivity index (χ0n) is 9.30. The number of esters is 1. The Hall–Kier alpha value is -1.04. The van der Waals surface area contributed by atoms with Gasteiger partial charge in [-0.05, 0) is 0 Å². The Labute approximate surface area is 93.2 Å². The monoisotopic (exact) mass is 229 g/mol. The summed E-state index contributed by atoms with van der Waals surface area (Å²) in [5, 5.41) is 8.64. The fourth-order valence-electron chi connectivity index (χ4n) is 1.03. The Kier molecular flexibility index (Phi) is 4.14. The molecular formula is C9H15N3O2S. The van der Waals surface area contributed by atoms with E-state index in [0.717, 1.165) is 5.16 Å². The number of methoxy groups -OCH3 is 1. The number of nitrogens with zero attached hydrogens (tertiary/aromatic N) is 3. The maximum atomic E-state index is 11.3. The number of ether oxygens (including phenoxy) is 1. The third kappa shape index (κ3) is 2.95. The SMILES string of the molecule is COC(=O)C(C)C(C)Sc1nncn1C. The molecule has 15 heavy (non-hydrogen) atoms. The molecule has 2 atom stereocenters. The van der Waals surface area contributed by atoms with Crippen molar-refractivity contribution in [2.24, 2.45) is 13.0 Å². The number of hydrogen-bond donors (Lipinski definition) is 0. The summed E-state index contributed by atoms with van der Waals surface area (Å²) in [6, 6.07) is 0. The normalized spacial score (nSPS) is 14.7. The van der Waals surface area contributed by atoms with E-state index in [1.165, 1.54) is 18.9 Å². The van der Waals surface area contributed by atoms with Gasteiger partial charge >= 0.3 is 5.97 Å². The second-order valence-electron chi connectivity index (χ2n) is 3.36. The van der Waals surface area contributed by atoms with E-state index in [9.17, 15) is 4.79 Å². The van der Waals surface area contributed by atoms with Gasteiger partial charge in [-0.3, -0.25) is 4.79 Å². The molecule has 2 unspecified atom stereocenters. The molecule has 0 N–H and O–H groups in total. The molecule has 0 fully saturated rings. The summed E-state index contributed by atoms with van der Waals surface area (Å²) < 4.78 is 6.51. The van der Waals surface area contributed by atoms with Crippen LogP contribution in [0.4, 0.5) is 0 Å². The van der Waals surface area contributed by atoms with Crippen molar-refractivity contribution in [1.29, 1.82) is 0 Å². The van der Waals surface area contributed by atoms with Crippen LogP contribution in [0.2, 0.25) is 0 Å². The van der Waals surface area contributed by atoms with Crippen LogP contribution < -0.4 is 0 Å². The minimum atomic E-state index is -0.197. The van der Waals surface area contributed by atoms with Crippen molar-refractivity contribution in [3.63, 3.8) is 0 Å². The molecule has 1 aromatic rings. The van der Waals surface area contributed by atoms with E-state index in [2.05, 4.69) is 14.9 Å². The van der Waals surface area contributed by atoms with Crippen LogP contribution in [0.5, 0.6) is 0 Å². The Balaban J connectivity index is 2.59. The fourth-order valence-corrected chi connectivity index (χ4v) is 1.98. The first-order valence-corrected chi connectivity index (χ1v) is 5.52. The maximum absolute atomic E-state index is 11.3. The summed E-state index contributed by atoms with van der Waals surface area (Å²) in [6.07, 6.45) is 1.64. The summed E-state index contributed by atoms with van der Waals surface area (Å²) in [7, 11) is 3.27. The molecule has 1 rings (SSSR count). The van der Waals surface area contributed by atoms with Gasteiger partial charge in [-0.25, -0.2) is 0 Å². The largest absolute Gasteiger partial charge is 0.469 e.